The molecule has 1 heterocycles. The van der Waals surface area contributed by atoms with Crippen LogP contribution >= 0.6 is 12.4 Å². The number of halogens is 1. The summed E-state index contributed by atoms with van der Waals surface area (Å²) in [5.41, 5.74) is 6.49. The summed E-state index contributed by atoms with van der Waals surface area (Å²) in [4.78, 5) is 25.5. The first kappa shape index (κ1) is 17.6. The SMILES string of the molecule is Cl.N[C@@H]1CCN(C(=O)COc2cccc(NC(=O)C3CC3)c2)C1. The lowest BCUT2D eigenvalue weighted by atomic mass is 10.3. The Kier molecular flexibility index (Phi) is 5.85. The van der Waals surface area contributed by atoms with E-state index in [0.717, 1.165) is 19.3 Å². The molecule has 2 aliphatic rings. The van der Waals surface area contributed by atoms with Gasteiger partial charge in [-0.15, -0.1) is 12.4 Å². The zero-order valence-electron chi connectivity index (χ0n) is 12.9. The van der Waals surface area contributed by atoms with Gasteiger partial charge in [0.1, 0.15) is 5.75 Å². The van der Waals surface area contributed by atoms with Crippen molar-refractivity contribution in [1.29, 1.82) is 0 Å². The predicted octanol–water partition coefficient (Wildman–Crippen LogP) is 1.40. The fourth-order valence-corrected chi connectivity index (χ4v) is 2.50. The second-order valence-electron chi connectivity index (χ2n) is 5.97. The average Bonchev–Trinajstić information content (AvgIpc) is 3.27. The molecule has 1 aromatic rings. The van der Waals surface area contributed by atoms with Crippen molar-refractivity contribution in [3.05, 3.63) is 24.3 Å². The van der Waals surface area contributed by atoms with Crippen molar-refractivity contribution in [2.24, 2.45) is 11.7 Å². The Labute approximate surface area is 141 Å². The van der Waals surface area contributed by atoms with Crippen LogP contribution in [0.4, 0.5) is 5.69 Å². The minimum Gasteiger partial charge on any atom is -0.484 e. The van der Waals surface area contributed by atoms with Gasteiger partial charge in [-0.3, -0.25) is 9.59 Å². The predicted molar refractivity (Wildman–Crippen MR) is 89.7 cm³/mol. The molecule has 0 aromatic heterocycles. The fraction of sp³-hybridized carbons (Fsp3) is 0.500. The van der Waals surface area contributed by atoms with Gasteiger partial charge < -0.3 is 20.7 Å². The van der Waals surface area contributed by atoms with E-state index in [0.29, 0.717) is 24.5 Å². The van der Waals surface area contributed by atoms with Crippen molar-refractivity contribution < 1.29 is 14.3 Å². The molecule has 0 spiro atoms. The second-order valence-corrected chi connectivity index (χ2v) is 5.97. The Morgan fingerprint density at radius 2 is 2.09 bits per heavy atom. The van der Waals surface area contributed by atoms with Crippen molar-refractivity contribution >= 4 is 29.9 Å². The molecule has 1 saturated heterocycles. The van der Waals surface area contributed by atoms with E-state index in [1.807, 2.05) is 6.07 Å². The van der Waals surface area contributed by atoms with Crippen LogP contribution in [0.1, 0.15) is 19.3 Å². The minimum absolute atomic E-state index is 0. The van der Waals surface area contributed by atoms with Crippen molar-refractivity contribution in [2.75, 3.05) is 25.0 Å². The molecule has 0 bridgehead atoms. The van der Waals surface area contributed by atoms with Crippen LogP contribution in [0.25, 0.3) is 0 Å². The maximum atomic E-state index is 12.0. The first-order valence-corrected chi connectivity index (χ1v) is 7.69. The van der Waals surface area contributed by atoms with E-state index < -0.39 is 0 Å². The number of nitrogens with one attached hydrogen (secondary N) is 1. The molecular formula is C16H22ClN3O3. The third-order valence-electron chi connectivity index (χ3n) is 3.99. The Hall–Kier alpha value is -1.79. The lowest BCUT2D eigenvalue weighted by Crippen LogP contribution is -2.35. The van der Waals surface area contributed by atoms with Gasteiger partial charge in [0.05, 0.1) is 0 Å². The number of nitrogens with two attached hydrogens (primary N) is 1. The number of rotatable bonds is 5. The molecule has 7 heteroatoms. The molecule has 1 atom stereocenters. The molecule has 0 radical (unpaired) electrons. The average molecular weight is 340 g/mol. The molecule has 0 unspecified atom stereocenters. The molecule has 3 rings (SSSR count). The van der Waals surface area contributed by atoms with Gasteiger partial charge >= 0.3 is 0 Å². The van der Waals surface area contributed by atoms with Crippen molar-refractivity contribution in [1.82, 2.24) is 4.90 Å². The molecule has 1 aromatic carbocycles. The quantitative estimate of drug-likeness (QED) is 0.849. The minimum atomic E-state index is -0.0552. The van der Waals surface area contributed by atoms with Crippen molar-refractivity contribution in [2.45, 2.75) is 25.3 Å². The van der Waals surface area contributed by atoms with E-state index in [4.69, 9.17) is 10.5 Å². The Morgan fingerprint density at radius 1 is 1.30 bits per heavy atom. The molecule has 23 heavy (non-hydrogen) atoms. The summed E-state index contributed by atoms with van der Waals surface area (Å²) in [6.45, 7) is 1.28. The number of hydrogen-bond acceptors (Lipinski definition) is 4. The van der Waals surface area contributed by atoms with Gasteiger partial charge in [-0.05, 0) is 31.4 Å². The lowest BCUT2D eigenvalue weighted by Gasteiger charge is -2.16. The number of ether oxygens (including phenoxy) is 1. The second kappa shape index (κ2) is 7.66. The fourth-order valence-electron chi connectivity index (χ4n) is 2.50. The van der Waals surface area contributed by atoms with Crippen LogP contribution in [-0.2, 0) is 9.59 Å². The highest BCUT2D eigenvalue weighted by molar-refractivity contribution is 5.94. The molecular weight excluding hydrogens is 318 g/mol. The van der Waals surface area contributed by atoms with E-state index >= 15 is 0 Å². The lowest BCUT2D eigenvalue weighted by molar-refractivity contribution is -0.132. The third-order valence-corrected chi connectivity index (χ3v) is 3.99. The van der Waals surface area contributed by atoms with Crippen LogP contribution in [0, 0.1) is 5.92 Å². The van der Waals surface area contributed by atoms with Gasteiger partial charge in [0.25, 0.3) is 5.91 Å². The normalized spacial score (nSPS) is 19.9. The molecule has 1 aliphatic carbocycles. The Bertz CT molecular complexity index is 577. The molecule has 1 saturated carbocycles. The highest BCUT2D eigenvalue weighted by Gasteiger charge is 2.29. The van der Waals surface area contributed by atoms with E-state index in [9.17, 15) is 9.59 Å². The Balaban J connectivity index is 0.00000192. The maximum absolute atomic E-state index is 12.0. The van der Waals surface area contributed by atoms with E-state index in [1.54, 1.807) is 23.1 Å². The van der Waals surface area contributed by atoms with Crippen LogP contribution in [-0.4, -0.2) is 42.5 Å². The molecule has 1 aliphatic heterocycles. The van der Waals surface area contributed by atoms with Gasteiger partial charge in [-0.1, -0.05) is 6.07 Å². The van der Waals surface area contributed by atoms with Crippen LogP contribution in [0.3, 0.4) is 0 Å². The molecule has 126 valence electrons. The summed E-state index contributed by atoms with van der Waals surface area (Å²) in [5.74, 6) is 0.732. The van der Waals surface area contributed by atoms with Crippen LogP contribution in [0.2, 0.25) is 0 Å². The first-order chi connectivity index (χ1) is 10.6. The van der Waals surface area contributed by atoms with E-state index in [1.165, 1.54) is 0 Å². The Morgan fingerprint density at radius 3 is 2.74 bits per heavy atom. The topological polar surface area (TPSA) is 84.7 Å². The van der Waals surface area contributed by atoms with Gasteiger partial charge in [0.2, 0.25) is 5.91 Å². The summed E-state index contributed by atoms with van der Waals surface area (Å²) in [6, 6.07) is 7.20. The number of anilines is 1. The maximum Gasteiger partial charge on any atom is 0.260 e. The first-order valence-electron chi connectivity index (χ1n) is 7.69. The van der Waals surface area contributed by atoms with Gasteiger partial charge in [-0.25, -0.2) is 0 Å². The summed E-state index contributed by atoms with van der Waals surface area (Å²) in [5, 5.41) is 2.86. The molecule has 2 amide bonds. The van der Waals surface area contributed by atoms with E-state index in [2.05, 4.69) is 5.32 Å². The highest BCUT2D eigenvalue weighted by atomic mass is 35.5. The summed E-state index contributed by atoms with van der Waals surface area (Å²) in [7, 11) is 0. The molecule has 6 nitrogen and oxygen atoms in total. The van der Waals surface area contributed by atoms with Crippen LogP contribution < -0.4 is 15.8 Å². The third kappa shape index (κ3) is 4.84. The number of carbonyl (C=O) groups is 2. The smallest absolute Gasteiger partial charge is 0.260 e. The zero-order valence-corrected chi connectivity index (χ0v) is 13.7. The van der Waals surface area contributed by atoms with Crippen molar-refractivity contribution in [3.8, 4) is 5.75 Å². The number of likely N-dealkylation sites (tertiary alicyclic amines) is 1. The zero-order chi connectivity index (χ0) is 15.5. The van der Waals surface area contributed by atoms with Crippen LogP contribution in [0.5, 0.6) is 5.75 Å². The van der Waals surface area contributed by atoms with Crippen LogP contribution in [0.15, 0.2) is 24.3 Å². The number of benzene rings is 1. The molecule has 2 fully saturated rings. The molecule has 3 N–H and O–H groups in total. The van der Waals surface area contributed by atoms with Gasteiger partial charge in [0, 0.05) is 36.8 Å². The van der Waals surface area contributed by atoms with E-state index in [-0.39, 0.29) is 42.8 Å². The highest BCUT2D eigenvalue weighted by Crippen LogP contribution is 2.30. The largest absolute Gasteiger partial charge is 0.484 e. The number of amides is 2. The van der Waals surface area contributed by atoms with Crippen molar-refractivity contribution in [3.63, 3.8) is 0 Å². The standard InChI is InChI=1S/C16H21N3O3.ClH/c17-12-6-7-19(9-12)15(20)10-22-14-3-1-2-13(8-14)18-16(21)11-4-5-11;/h1-3,8,11-12H,4-7,9-10,17H2,(H,18,21);1H/t12-;/m1./s1. The summed E-state index contributed by atoms with van der Waals surface area (Å²) >= 11 is 0. The summed E-state index contributed by atoms with van der Waals surface area (Å²) in [6.07, 6.45) is 2.78. The van der Waals surface area contributed by atoms with Gasteiger partial charge in [0.15, 0.2) is 6.61 Å². The monoisotopic (exact) mass is 339 g/mol. The number of nitrogens with zero attached hydrogens (tertiary/aromatic N) is 1. The number of carbonyl (C=O) groups excluding carboxylic acids is 2. The number of hydrogen-bond donors (Lipinski definition) is 2. The van der Waals surface area contributed by atoms with Gasteiger partial charge in [-0.2, -0.15) is 0 Å². The summed E-state index contributed by atoms with van der Waals surface area (Å²) < 4.78 is 5.53.